The summed E-state index contributed by atoms with van der Waals surface area (Å²) in [6.07, 6.45) is 3.58. The Labute approximate surface area is 149 Å². The largest absolute Gasteiger partial charge is 0.493 e. The maximum Gasteiger partial charge on any atom is 0.315 e. The summed E-state index contributed by atoms with van der Waals surface area (Å²) in [5.74, 6) is -0.0350. The second-order valence-electron chi connectivity index (χ2n) is 6.06. The lowest BCUT2D eigenvalue weighted by Gasteiger charge is -2.08. The predicted molar refractivity (Wildman–Crippen MR) is 104 cm³/mol. The lowest BCUT2D eigenvalue weighted by atomic mass is 10.1. The van der Waals surface area contributed by atoms with Crippen LogP contribution >= 0.6 is 11.3 Å². The summed E-state index contributed by atoms with van der Waals surface area (Å²) in [6.45, 7) is 3.93. The SMILES string of the molecule is Cc1ccc(-n2c(O)c(/C=C3\C=Nc4ccccc43)sc2=O)c(C)c1. The highest BCUT2D eigenvalue weighted by Gasteiger charge is 2.18. The Kier molecular flexibility index (Phi) is 3.66. The molecule has 25 heavy (non-hydrogen) atoms. The van der Waals surface area contributed by atoms with E-state index in [0.29, 0.717) is 10.6 Å². The number of hydrogen-bond donors (Lipinski definition) is 1. The van der Waals surface area contributed by atoms with Crippen LogP contribution in [0.25, 0.3) is 17.3 Å². The summed E-state index contributed by atoms with van der Waals surface area (Å²) in [5.41, 5.74) is 5.55. The first-order chi connectivity index (χ1) is 12.0. The number of aromatic nitrogens is 1. The van der Waals surface area contributed by atoms with Crippen LogP contribution in [0.2, 0.25) is 0 Å². The Balaban J connectivity index is 1.83. The van der Waals surface area contributed by atoms with Gasteiger partial charge in [-0.1, -0.05) is 47.2 Å². The topological polar surface area (TPSA) is 54.6 Å². The van der Waals surface area contributed by atoms with Gasteiger partial charge in [0.25, 0.3) is 0 Å². The van der Waals surface area contributed by atoms with Crippen LogP contribution in [0.4, 0.5) is 5.69 Å². The number of thiazole rings is 1. The van der Waals surface area contributed by atoms with Crippen LogP contribution in [0.1, 0.15) is 21.6 Å². The van der Waals surface area contributed by atoms with Crippen molar-refractivity contribution in [1.82, 2.24) is 4.57 Å². The molecule has 1 aromatic heterocycles. The van der Waals surface area contributed by atoms with E-state index in [-0.39, 0.29) is 10.8 Å². The minimum Gasteiger partial charge on any atom is -0.493 e. The summed E-state index contributed by atoms with van der Waals surface area (Å²) in [5, 5.41) is 10.6. The maximum absolute atomic E-state index is 12.5. The van der Waals surface area contributed by atoms with Crippen molar-refractivity contribution in [1.29, 1.82) is 0 Å². The minimum atomic E-state index is -0.209. The van der Waals surface area contributed by atoms with Crippen molar-refractivity contribution in [2.24, 2.45) is 4.99 Å². The average molecular weight is 348 g/mol. The van der Waals surface area contributed by atoms with Gasteiger partial charge in [-0.15, -0.1) is 0 Å². The molecular formula is C20H16N2O2S. The van der Waals surface area contributed by atoms with Crippen LogP contribution in [0, 0.1) is 13.8 Å². The number of allylic oxidation sites excluding steroid dienone is 1. The summed E-state index contributed by atoms with van der Waals surface area (Å²) in [6, 6.07) is 13.6. The fraction of sp³-hybridized carbons (Fsp3) is 0.100. The molecule has 2 heterocycles. The minimum absolute atomic E-state index is 0.0350. The standard InChI is InChI=1S/C20H16N2O2S/c1-12-7-8-17(13(2)9-12)22-19(23)18(25-20(22)24)10-14-11-21-16-6-4-3-5-15(14)16/h3-11,23H,1-2H3/b14-10+. The number of rotatable bonds is 2. The Bertz CT molecular complexity index is 1100. The highest BCUT2D eigenvalue weighted by Crippen LogP contribution is 2.35. The van der Waals surface area contributed by atoms with Gasteiger partial charge in [0, 0.05) is 17.4 Å². The quantitative estimate of drug-likeness (QED) is 0.742. The molecule has 3 aromatic rings. The second-order valence-corrected chi connectivity index (χ2v) is 7.05. The van der Waals surface area contributed by atoms with E-state index in [1.54, 1.807) is 6.21 Å². The van der Waals surface area contributed by atoms with Crippen LogP contribution in [0.3, 0.4) is 0 Å². The first-order valence-electron chi connectivity index (χ1n) is 7.92. The van der Waals surface area contributed by atoms with Gasteiger partial charge in [-0.3, -0.25) is 9.79 Å². The van der Waals surface area contributed by atoms with Crippen LogP contribution in [-0.2, 0) is 0 Å². The lowest BCUT2D eigenvalue weighted by molar-refractivity contribution is 0.439. The number of hydrogen-bond acceptors (Lipinski definition) is 4. The van der Waals surface area contributed by atoms with E-state index in [4.69, 9.17) is 0 Å². The van der Waals surface area contributed by atoms with Crippen molar-refractivity contribution < 1.29 is 5.11 Å². The van der Waals surface area contributed by atoms with Gasteiger partial charge in [0.2, 0.25) is 5.88 Å². The summed E-state index contributed by atoms with van der Waals surface area (Å²) in [7, 11) is 0. The molecule has 4 rings (SSSR count). The third-order valence-corrected chi connectivity index (χ3v) is 5.13. The molecule has 0 fully saturated rings. The van der Waals surface area contributed by atoms with Gasteiger partial charge in [-0.2, -0.15) is 0 Å². The fourth-order valence-corrected chi connectivity index (χ4v) is 3.87. The third-order valence-electron chi connectivity index (χ3n) is 4.25. The zero-order valence-electron chi connectivity index (χ0n) is 13.9. The monoisotopic (exact) mass is 348 g/mol. The number of para-hydroxylation sites is 1. The lowest BCUT2D eigenvalue weighted by Crippen LogP contribution is -2.11. The Hall–Kier alpha value is -2.92. The molecule has 0 saturated carbocycles. The molecular weight excluding hydrogens is 332 g/mol. The van der Waals surface area contributed by atoms with Gasteiger partial charge in [0.1, 0.15) is 0 Å². The Morgan fingerprint density at radius 1 is 1.16 bits per heavy atom. The number of aliphatic imine (C=N–C) groups is 1. The first-order valence-corrected chi connectivity index (χ1v) is 8.74. The molecule has 0 bridgehead atoms. The number of benzene rings is 2. The first kappa shape index (κ1) is 15.6. The molecule has 0 radical (unpaired) electrons. The molecule has 0 saturated heterocycles. The number of fused-ring (bicyclic) bond motifs is 1. The van der Waals surface area contributed by atoms with Crippen molar-refractivity contribution >= 4 is 34.9 Å². The average Bonchev–Trinajstić information content (AvgIpc) is 3.11. The van der Waals surface area contributed by atoms with E-state index in [9.17, 15) is 9.90 Å². The van der Waals surface area contributed by atoms with Gasteiger partial charge in [0.15, 0.2) is 0 Å². The summed E-state index contributed by atoms with van der Waals surface area (Å²) in [4.78, 5) is 17.2. The maximum atomic E-state index is 12.5. The van der Waals surface area contributed by atoms with E-state index in [0.717, 1.165) is 39.3 Å². The Morgan fingerprint density at radius 3 is 2.76 bits per heavy atom. The summed E-state index contributed by atoms with van der Waals surface area (Å²) < 4.78 is 1.36. The molecule has 2 aromatic carbocycles. The zero-order chi connectivity index (χ0) is 17.6. The van der Waals surface area contributed by atoms with Crippen LogP contribution in [0.5, 0.6) is 5.88 Å². The molecule has 1 aliphatic rings. The molecule has 0 aliphatic carbocycles. The van der Waals surface area contributed by atoms with Gasteiger partial charge in [-0.25, -0.2) is 4.57 Å². The molecule has 0 unspecified atom stereocenters. The second kappa shape index (κ2) is 5.86. The smallest absolute Gasteiger partial charge is 0.315 e. The van der Waals surface area contributed by atoms with Crippen molar-refractivity contribution in [2.45, 2.75) is 13.8 Å². The van der Waals surface area contributed by atoms with E-state index >= 15 is 0 Å². The fourth-order valence-electron chi connectivity index (χ4n) is 3.04. The van der Waals surface area contributed by atoms with Crippen molar-refractivity contribution in [2.75, 3.05) is 0 Å². The number of nitrogens with zero attached hydrogens (tertiary/aromatic N) is 2. The normalized spacial score (nSPS) is 14.2. The molecule has 1 aliphatic heterocycles. The van der Waals surface area contributed by atoms with Crippen molar-refractivity contribution in [3.05, 3.63) is 73.7 Å². The van der Waals surface area contributed by atoms with Crippen molar-refractivity contribution in [3.8, 4) is 11.6 Å². The third kappa shape index (κ3) is 2.62. The number of aryl methyl sites for hydroxylation is 2. The van der Waals surface area contributed by atoms with E-state index in [1.807, 2.05) is 62.4 Å². The van der Waals surface area contributed by atoms with Gasteiger partial charge in [0.05, 0.1) is 16.3 Å². The zero-order valence-corrected chi connectivity index (χ0v) is 14.7. The number of aromatic hydroxyl groups is 1. The molecule has 4 nitrogen and oxygen atoms in total. The molecule has 1 N–H and O–H groups in total. The molecule has 124 valence electrons. The summed E-state index contributed by atoms with van der Waals surface area (Å²) >= 11 is 1.03. The molecule has 5 heteroatoms. The molecule has 0 atom stereocenters. The van der Waals surface area contributed by atoms with Gasteiger partial charge in [-0.05, 0) is 37.6 Å². The highest BCUT2D eigenvalue weighted by molar-refractivity contribution is 7.10. The molecule has 0 spiro atoms. The van der Waals surface area contributed by atoms with Crippen LogP contribution in [-0.4, -0.2) is 15.9 Å². The Morgan fingerprint density at radius 2 is 1.96 bits per heavy atom. The predicted octanol–water partition coefficient (Wildman–Crippen LogP) is 4.48. The highest BCUT2D eigenvalue weighted by atomic mass is 32.1. The van der Waals surface area contributed by atoms with E-state index in [2.05, 4.69) is 4.99 Å². The van der Waals surface area contributed by atoms with Crippen LogP contribution < -0.4 is 4.87 Å². The van der Waals surface area contributed by atoms with Crippen molar-refractivity contribution in [3.63, 3.8) is 0 Å². The van der Waals surface area contributed by atoms with Gasteiger partial charge >= 0.3 is 4.87 Å². The van der Waals surface area contributed by atoms with Crippen LogP contribution in [0.15, 0.2) is 52.3 Å². The van der Waals surface area contributed by atoms with E-state index in [1.165, 1.54) is 4.57 Å². The molecule has 0 amide bonds. The van der Waals surface area contributed by atoms with E-state index < -0.39 is 0 Å². The van der Waals surface area contributed by atoms with Gasteiger partial charge < -0.3 is 5.11 Å².